The Bertz CT molecular complexity index is 1100. The molecular weight excluding hydrogens is 446 g/mol. The van der Waals surface area contributed by atoms with Gasteiger partial charge in [0.25, 0.3) is 0 Å². The Kier molecular flexibility index (Phi) is 5.81. The van der Waals surface area contributed by atoms with Gasteiger partial charge in [-0.1, -0.05) is 42.3 Å². The summed E-state index contributed by atoms with van der Waals surface area (Å²) in [6.07, 6.45) is -3.97. The molecular formula is C19H14Cl2F3N3O3. The highest BCUT2D eigenvalue weighted by molar-refractivity contribution is 6.31. The predicted molar refractivity (Wildman–Crippen MR) is 104 cm³/mol. The second-order valence-corrected chi connectivity index (χ2v) is 7.36. The van der Waals surface area contributed by atoms with Crippen LogP contribution in [0.25, 0.3) is 11.3 Å². The van der Waals surface area contributed by atoms with E-state index in [2.05, 4.69) is 15.2 Å². The smallest absolute Gasteiger partial charge is 0.422 e. The molecule has 11 heteroatoms. The van der Waals surface area contributed by atoms with Crippen molar-refractivity contribution in [2.75, 3.05) is 0 Å². The van der Waals surface area contributed by atoms with E-state index < -0.39 is 29.2 Å². The number of aromatic carboxylic acids is 1. The molecule has 1 aromatic carbocycles. The van der Waals surface area contributed by atoms with Gasteiger partial charge in [0.15, 0.2) is 5.60 Å². The SMILES string of the molecule is CC(c1ccc(-c2cc(C(=O)O)[nH]n2)cc1Cl)C(O)(c1ccnc(Cl)c1)C(F)(F)F. The van der Waals surface area contributed by atoms with Gasteiger partial charge >= 0.3 is 12.1 Å². The van der Waals surface area contributed by atoms with E-state index in [1.54, 1.807) is 0 Å². The molecule has 0 spiro atoms. The van der Waals surface area contributed by atoms with Crippen molar-refractivity contribution in [3.8, 4) is 11.3 Å². The van der Waals surface area contributed by atoms with Crippen LogP contribution in [-0.4, -0.2) is 37.5 Å². The number of aromatic nitrogens is 3. The van der Waals surface area contributed by atoms with Crippen LogP contribution in [0.4, 0.5) is 13.2 Å². The van der Waals surface area contributed by atoms with Gasteiger partial charge in [-0.05, 0) is 35.4 Å². The Balaban J connectivity index is 2.05. The average molecular weight is 460 g/mol. The van der Waals surface area contributed by atoms with Crippen LogP contribution in [0.1, 0.15) is 34.5 Å². The number of H-pyrrole nitrogens is 1. The molecule has 2 unspecified atom stereocenters. The Hall–Kier alpha value is -2.62. The van der Waals surface area contributed by atoms with E-state index in [1.807, 2.05) is 0 Å². The van der Waals surface area contributed by atoms with Gasteiger partial charge in [-0.25, -0.2) is 9.78 Å². The number of aromatic amines is 1. The van der Waals surface area contributed by atoms with Gasteiger partial charge in [-0.15, -0.1) is 0 Å². The third-order valence-corrected chi connectivity index (χ3v) is 5.33. The number of rotatable bonds is 5. The van der Waals surface area contributed by atoms with E-state index >= 15 is 0 Å². The number of carbonyl (C=O) groups is 1. The number of hydrogen-bond acceptors (Lipinski definition) is 4. The van der Waals surface area contributed by atoms with Crippen molar-refractivity contribution in [1.29, 1.82) is 0 Å². The minimum atomic E-state index is -5.04. The van der Waals surface area contributed by atoms with Crippen LogP contribution in [0, 0.1) is 0 Å². The first kappa shape index (κ1) is 22.1. The van der Waals surface area contributed by atoms with Crippen molar-refractivity contribution >= 4 is 29.2 Å². The van der Waals surface area contributed by atoms with Crippen LogP contribution in [0.5, 0.6) is 0 Å². The molecule has 0 fully saturated rings. The second-order valence-electron chi connectivity index (χ2n) is 6.56. The zero-order valence-electron chi connectivity index (χ0n) is 15.2. The number of alkyl halides is 3. The van der Waals surface area contributed by atoms with Crippen LogP contribution in [0.2, 0.25) is 10.2 Å². The predicted octanol–water partition coefficient (Wildman–Crippen LogP) is 5.03. The number of pyridine rings is 1. The topological polar surface area (TPSA) is 99.1 Å². The van der Waals surface area contributed by atoms with Crippen LogP contribution in [-0.2, 0) is 5.60 Å². The molecule has 6 nitrogen and oxygen atoms in total. The average Bonchev–Trinajstić information content (AvgIpc) is 3.16. The van der Waals surface area contributed by atoms with Gasteiger partial charge in [0, 0.05) is 22.7 Å². The zero-order chi connectivity index (χ0) is 22.3. The lowest BCUT2D eigenvalue weighted by Gasteiger charge is -2.37. The fourth-order valence-electron chi connectivity index (χ4n) is 3.14. The maximum absolute atomic E-state index is 14.0. The Morgan fingerprint density at radius 1 is 1.17 bits per heavy atom. The number of hydrogen-bond donors (Lipinski definition) is 3. The van der Waals surface area contributed by atoms with Gasteiger partial charge < -0.3 is 10.2 Å². The first-order chi connectivity index (χ1) is 13.9. The molecule has 3 rings (SSSR count). The Morgan fingerprint density at radius 2 is 1.87 bits per heavy atom. The molecule has 2 heterocycles. The van der Waals surface area contributed by atoms with Crippen LogP contribution >= 0.6 is 23.2 Å². The number of benzene rings is 1. The van der Waals surface area contributed by atoms with Gasteiger partial charge in [0.2, 0.25) is 0 Å². The molecule has 2 atom stereocenters. The minimum absolute atomic E-state index is 0.0298. The van der Waals surface area contributed by atoms with Crippen molar-refractivity contribution in [3.05, 3.63) is 69.6 Å². The highest BCUT2D eigenvalue weighted by Crippen LogP contribution is 2.50. The lowest BCUT2D eigenvalue weighted by Crippen LogP contribution is -2.46. The fraction of sp³-hybridized carbons (Fsp3) is 0.211. The van der Waals surface area contributed by atoms with Gasteiger partial charge in [-0.2, -0.15) is 18.3 Å². The number of carboxylic acid groups (broad SMARTS) is 1. The maximum atomic E-state index is 14.0. The van der Waals surface area contributed by atoms with Crippen molar-refractivity contribution < 1.29 is 28.2 Å². The van der Waals surface area contributed by atoms with Crippen molar-refractivity contribution in [1.82, 2.24) is 15.2 Å². The first-order valence-corrected chi connectivity index (χ1v) is 9.20. The summed E-state index contributed by atoms with van der Waals surface area (Å²) in [4.78, 5) is 14.6. The lowest BCUT2D eigenvalue weighted by molar-refractivity contribution is -0.274. The number of aliphatic hydroxyl groups is 1. The van der Waals surface area contributed by atoms with E-state index in [4.69, 9.17) is 28.3 Å². The summed E-state index contributed by atoms with van der Waals surface area (Å²) in [5, 5.41) is 25.7. The normalized spacial score (nSPS) is 14.9. The number of halogens is 5. The maximum Gasteiger partial charge on any atom is 0.422 e. The quantitative estimate of drug-likeness (QED) is 0.464. The summed E-state index contributed by atoms with van der Waals surface area (Å²) in [7, 11) is 0. The summed E-state index contributed by atoms with van der Waals surface area (Å²) in [5.41, 5.74) is -3.24. The summed E-state index contributed by atoms with van der Waals surface area (Å²) < 4.78 is 42.0. The molecule has 158 valence electrons. The van der Waals surface area contributed by atoms with Crippen LogP contribution in [0.3, 0.4) is 0 Å². The largest absolute Gasteiger partial charge is 0.477 e. The summed E-state index contributed by atoms with van der Waals surface area (Å²) in [6.45, 7) is 1.19. The molecule has 3 N–H and O–H groups in total. The number of nitrogens with zero attached hydrogens (tertiary/aromatic N) is 2. The van der Waals surface area contributed by atoms with E-state index in [0.717, 1.165) is 18.3 Å². The molecule has 0 aliphatic rings. The van der Waals surface area contributed by atoms with E-state index in [-0.39, 0.29) is 27.1 Å². The monoisotopic (exact) mass is 459 g/mol. The molecule has 2 aromatic heterocycles. The van der Waals surface area contributed by atoms with E-state index in [1.165, 1.54) is 31.2 Å². The lowest BCUT2D eigenvalue weighted by atomic mass is 9.78. The molecule has 0 amide bonds. The third-order valence-electron chi connectivity index (χ3n) is 4.80. The van der Waals surface area contributed by atoms with E-state index in [9.17, 15) is 23.1 Å². The summed E-state index contributed by atoms with van der Waals surface area (Å²) in [5.74, 6) is -2.72. The van der Waals surface area contributed by atoms with Crippen molar-refractivity contribution in [2.45, 2.75) is 24.6 Å². The fourth-order valence-corrected chi connectivity index (χ4v) is 3.66. The molecule has 3 aromatic rings. The third kappa shape index (κ3) is 3.88. The first-order valence-electron chi connectivity index (χ1n) is 8.44. The molecule has 0 radical (unpaired) electrons. The van der Waals surface area contributed by atoms with Gasteiger partial charge in [-0.3, -0.25) is 5.10 Å². The zero-order valence-corrected chi connectivity index (χ0v) is 16.7. The molecule has 0 aliphatic heterocycles. The van der Waals surface area contributed by atoms with E-state index in [0.29, 0.717) is 5.56 Å². The number of nitrogens with one attached hydrogen (secondary N) is 1. The molecule has 0 saturated heterocycles. The van der Waals surface area contributed by atoms with Gasteiger partial charge in [0.1, 0.15) is 10.8 Å². The minimum Gasteiger partial charge on any atom is -0.477 e. The number of carboxylic acids is 1. The molecule has 30 heavy (non-hydrogen) atoms. The molecule has 0 bridgehead atoms. The molecule has 0 saturated carbocycles. The summed E-state index contributed by atoms with van der Waals surface area (Å²) >= 11 is 12.0. The molecule has 0 aliphatic carbocycles. The highest BCUT2D eigenvalue weighted by Gasteiger charge is 2.59. The second kappa shape index (κ2) is 7.90. The highest BCUT2D eigenvalue weighted by atomic mass is 35.5. The Morgan fingerprint density at radius 3 is 2.40 bits per heavy atom. The van der Waals surface area contributed by atoms with Crippen molar-refractivity contribution in [2.24, 2.45) is 0 Å². The van der Waals surface area contributed by atoms with Crippen molar-refractivity contribution in [3.63, 3.8) is 0 Å². The Labute approximate surface area is 178 Å². The van der Waals surface area contributed by atoms with Crippen LogP contribution in [0.15, 0.2) is 42.6 Å². The summed E-state index contributed by atoms with van der Waals surface area (Å²) in [6, 6.07) is 7.38. The van der Waals surface area contributed by atoms with Gasteiger partial charge in [0.05, 0.1) is 5.69 Å². The standard InChI is InChI=1S/C19H14Cl2F3N3O3/c1-9(18(30,19(22,23)24)11-4-5-25-16(21)7-11)12-3-2-10(6-13(12)20)14-8-15(17(28)29)27-26-14/h2-9,30H,1H3,(H,26,27)(H,28,29). The van der Waals surface area contributed by atoms with Crippen LogP contribution < -0.4 is 0 Å².